The summed E-state index contributed by atoms with van der Waals surface area (Å²) in [5.74, 6) is 0.412. The number of carbonyl (C=O) groups excluding carboxylic acids is 1. The van der Waals surface area contributed by atoms with E-state index < -0.39 is 10.1 Å². The van der Waals surface area contributed by atoms with Crippen LogP contribution in [0, 0.1) is 23.7 Å². The van der Waals surface area contributed by atoms with Crippen molar-refractivity contribution in [1.82, 2.24) is 9.47 Å². The molecule has 37 heavy (non-hydrogen) atoms. The first-order valence-corrected chi connectivity index (χ1v) is 14.2. The highest BCUT2D eigenvalue weighted by atomic mass is 32.2. The van der Waals surface area contributed by atoms with Gasteiger partial charge in [-0.3, -0.25) is 14.2 Å². The molecule has 7 nitrogen and oxygen atoms in total. The maximum absolute atomic E-state index is 13.3. The predicted octanol–water partition coefficient (Wildman–Crippen LogP) is 5.08. The topological polar surface area (TPSA) is 88.8 Å². The third-order valence-corrected chi connectivity index (χ3v) is 9.28. The number of carbonyl (C=O) groups is 1. The molecule has 5 rings (SSSR count). The predicted molar refractivity (Wildman–Crippen MR) is 146 cm³/mol. The first kappa shape index (κ1) is 27.5. The molecule has 3 aromatic rings. The van der Waals surface area contributed by atoms with Crippen LogP contribution in [0.4, 0.5) is 0 Å². The van der Waals surface area contributed by atoms with Gasteiger partial charge in [-0.2, -0.15) is 8.42 Å². The van der Waals surface area contributed by atoms with Crippen LogP contribution in [0.25, 0.3) is 10.9 Å². The van der Waals surface area contributed by atoms with E-state index in [1.54, 1.807) is 12.1 Å². The number of aryl methyl sites for hydroxylation is 1. The Morgan fingerprint density at radius 2 is 1.57 bits per heavy atom. The molecule has 0 bridgehead atoms. The zero-order valence-corrected chi connectivity index (χ0v) is 23.2. The van der Waals surface area contributed by atoms with Gasteiger partial charge < -0.3 is 9.30 Å². The largest absolute Gasteiger partial charge is 0.379 e. The number of nitrogens with zero attached hydrogens (tertiary/aromatic N) is 2. The van der Waals surface area contributed by atoms with E-state index in [9.17, 15) is 13.2 Å². The molecule has 1 saturated heterocycles. The second kappa shape index (κ2) is 10.3. The van der Waals surface area contributed by atoms with Gasteiger partial charge in [0.15, 0.2) is 5.78 Å². The van der Waals surface area contributed by atoms with Crippen molar-refractivity contribution in [2.75, 3.05) is 32.8 Å². The van der Waals surface area contributed by atoms with Gasteiger partial charge in [-0.05, 0) is 36.0 Å². The minimum Gasteiger partial charge on any atom is -0.379 e. The SMILES string of the molecule is CC1(C)C(C(=O)c2cn(CCN3CCOCC3)c3ccccc23)C1(C)C.Cc1ccc(S(=O)(=O)O)cc1. The Bertz CT molecular complexity index is 1350. The quantitative estimate of drug-likeness (QED) is 0.356. The van der Waals surface area contributed by atoms with Crippen molar-refractivity contribution in [2.45, 2.75) is 46.1 Å². The average Bonchev–Trinajstić information content (AvgIpc) is 3.11. The molecule has 1 aliphatic heterocycles. The molecule has 2 aliphatic rings. The van der Waals surface area contributed by atoms with Gasteiger partial charge in [0.1, 0.15) is 0 Å². The lowest BCUT2D eigenvalue weighted by Crippen LogP contribution is -2.38. The Kier molecular flexibility index (Phi) is 7.68. The van der Waals surface area contributed by atoms with Crippen molar-refractivity contribution in [3.8, 4) is 0 Å². The minimum atomic E-state index is -4.02. The molecule has 2 fully saturated rings. The Balaban J connectivity index is 0.000000245. The van der Waals surface area contributed by atoms with E-state index in [0.717, 1.165) is 55.9 Å². The molecule has 1 N–H and O–H groups in total. The molecule has 2 heterocycles. The second-order valence-electron chi connectivity index (χ2n) is 11.2. The van der Waals surface area contributed by atoms with Crippen LogP contribution in [0.1, 0.15) is 43.6 Å². The van der Waals surface area contributed by atoms with Crippen molar-refractivity contribution in [2.24, 2.45) is 16.7 Å². The van der Waals surface area contributed by atoms with E-state index in [1.165, 1.54) is 17.6 Å². The van der Waals surface area contributed by atoms with E-state index in [4.69, 9.17) is 9.29 Å². The van der Waals surface area contributed by atoms with Gasteiger partial charge in [0.25, 0.3) is 10.1 Å². The fraction of sp³-hybridized carbons (Fsp3) is 0.483. The number of para-hydroxylation sites is 1. The Morgan fingerprint density at radius 1 is 0.973 bits per heavy atom. The Hall–Kier alpha value is -2.52. The molecule has 8 heteroatoms. The van der Waals surface area contributed by atoms with Crippen molar-refractivity contribution < 1.29 is 22.5 Å². The molecule has 0 unspecified atom stereocenters. The normalized spacial score (nSPS) is 19.3. The minimum absolute atomic E-state index is 0.0666. The molecule has 200 valence electrons. The monoisotopic (exact) mass is 526 g/mol. The van der Waals surface area contributed by atoms with Gasteiger partial charge in [-0.25, -0.2) is 0 Å². The average molecular weight is 527 g/mol. The third kappa shape index (κ3) is 5.67. The summed E-state index contributed by atoms with van der Waals surface area (Å²) in [6.07, 6.45) is 2.10. The molecule has 2 aromatic carbocycles. The van der Waals surface area contributed by atoms with Crippen molar-refractivity contribution in [3.05, 3.63) is 65.9 Å². The summed E-state index contributed by atoms with van der Waals surface area (Å²) in [4.78, 5) is 15.7. The van der Waals surface area contributed by atoms with E-state index in [1.807, 2.05) is 13.0 Å². The maximum atomic E-state index is 13.3. The van der Waals surface area contributed by atoms with E-state index in [-0.39, 0.29) is 21.6 Å². The molecular weight excluding hydrogens is 488 g/mol. The number of benzene rings is 2. The summed E-state index contributed by atoms with van der Waals surface area (Å²) in [7, 11) is -4.02. The second-order valence-corrected chi connectivity index (χ2v) is 12.7. The van der Waals surface area contributed by atoms with Crippen LogP contribution in [0.3, 0.4) is 0 Å². The van der Waals surface area contributed by atoms with E-state index in [0.29, 0.717) is 5.78 Å². The zero-order valence-electron chi connectivity index (χ0n) is 22.4. The summed E-state index contributed by atoms with van der Waals surface area (Å²) in [5, 5.41) is 1.10. The van der Waals surface area contributed by atoms with Crippen molar-refractivity contribution in [3.63, 3.8) is 0 Å². The molecule has 0 spiro atoms. The molecule has 0 amide bonds. The number of aromatic nitrogens is 1. The highest BCUT2D eigenvalue weighted by Gasteiger charge is 2.68. The lowest BCUT2D eigenvalue weighted by atomic mass is 10.0. The molecule has 1 aliphatic carbocycles. The van der Waals surface area contributed by atoms with Crippen LogP contribution < -0.4 is 0 Å². The van der Waals surface area contributed by atoms with Crippen LogP contribution in [-0.4, -0.2) is 61.1 Å². The van der Waals surface area contributed by atoms with Crippen molar-refractivity contribution >= 4 is 26.8 Å². The number of fused-ring (bicyclic) bond motifs is 1. The third-order valence-electron chi connectivity index (χ3n) is 8.42. The number of ether oxygens (including phenoxy) is 1. The number of hydrogen-bond donors (Lipinski definition) is 1. The highest BCUT2D eigenvalue weighted by molar-refractivity contribution is 7.85. The van der Waals surface area contributed by atoms with Gasteiger partial charge >= 0.3 is 0 Å². The number of Topliss-reactive ketones (excluding diaryl/α,β-unsaturated/α-hetero) is 1. The molecule has 0 atom stereocenters. The lowest BCUT2D eigenvalue weighted by Gasteiger charge is -2.26. The summed E-state index contributed by atoms with van der Waals surface area (Å²) in [6, 6.07) is 14.3. The highest BCUT2D eigenvalue weighted by Crippen LogP contribution is 2.69. The van der Waals surface area contributed by atoms with Gasteiger partial charge in [-0.1, -0.05) is 63.6 Å². The van der Waals surface area contributed by atoms with Crippen LogP contribution >= 0.6 is 0 Å². The van der Waals surface area contributed by atoms with Crippen LogP contribution in [-0.2, 0) is 21.4 Å². The molecule has 1 aromatic heterocycles. The summed E-state index contributed by atoms with van der Waals surface area (Å²) in [6.45, 7) is 16.2. The van der Waals surface area contributed by atoms with Crippen molar-refractivity contribution in [1.29, 1.82) is 0 Å². The number of ketones is 1. The van der Waals surface area contributed by atoms with Crippen LogP contribution in [0.2, 0.25) is 0 Å². The van der Waals surface area contributed by atoms with Gasteiger partial charge in [0.2, 0.25) is 0 Å². The van der Waals surface area contributed by atoms with E-state index in [2.05, 4.69) is 61.6 Å². The lowest BCUT2D eigenvalue weighted by molar-refractivity contribution is 0.0365. The van der Waals surface area contributed by atoms with E-state index >= 15 is 0 Å². The smallest absolute Gasteiger partial charge is 0.294 e. The number of hydrogen-bond acceptors (Lipinski definition) is 5. The molecule has 0 radical (unpaired) electrons. The summed E-state index contributed by atoms with van der Waals surface area (Å²) in [5.41, 5.74) is 3.16. The first-order valence-electron chi connectivity index (χ1n) is 12.8. The standard InChI is InChI=1S/C22H30N2O2.C7H8O3S/c1-21(2)20(22(21,3)4)19(25)17-15-24(18-8-6-5-7-16(17)18)10-9-23-11-13-26-14-12-23;1-6-2-4-7(5-3-6)11(8,9)10/h5-8,15,20H,9-14H2,1-4H3;2-5H,1H3,(H,8,9,10). The van der Waals surface area contributed by atoms with Gasteiger partial charge in [0.05, 0.1) is 18.1 Å². The number of rotatable bonds is 6. The van der Waals surface area contributed by atoms with Crippen LogP contribution in [0.5, 0.6) is 0 Å². The van der Waals surface area contributed by atoms with Crippen LogP contribution in [0.15, 0.2) is 59.6 Å². The Morgan fingerprint density at radius 3 is 2.14 bits per heavy atom. The fourth-order valence-electron chi connectivity index (χ4n) is 5.42. The zero-order chi connectivity index (χ0) is 27.0. The van der Waals surface area contributed by atoms with Gasteiger partial charge in [-0.15, -0.1) is 0 Å². The maximum Gasteiger partial charge on any atom is 0.294 e. The summed E-state index contributed by atoms with van der Waals surface area (Å²) >= 11 is 0. The van der Waals surface area contributed by atoms with Gasteiger partial charge in [0, 0.05) is 54.8 Å². The first-order chi connectivity index (χ1) is 17.3. The summed E-state index contributed by atoms with van der Waals surface area (Å²) < 4.78 is 37.3. The molecular formula is C29H38N2O5S. The molecule has 1 saturated carbocycles. The number of morpholine rings is 1. The fourth-order valence-corrected chi connectivity index (χ4v) is 5.90. The Labute approximate surface area is 220 Å².